The van der Waals surface area contributed by atoms with Gasteiger partial charge in [0.05, 0.1) is 0 Å². The zero-order chi connectivity index (χ0) is 32.4. The summed E-state index contributed by atoms with van der Waals surface area (Å²) in [7, 11) is 0. The minimum atomic E-state index is -0.152. The van der Waals surface area contributed by atoms with Crippen LogP contribution in [-0.4, -0.2) is 0 Å². The number of furan rings is 2. The minimum Gasteiger partial charge on any atom is -0.456 e. The molecular formula is C47H30O2. The maximum Gasteiger partial charge on any atom is 0.143 e. The molecule has 10 aromatic rings. The molecule has 11 rings (SSSR count). The van der Waals surface area contributed by atoms with Gasteiger partial charge in [0, 0.05) is 32.3 Å². The lowest BCUT2D eigenvalue weighted by molar-refractivity contribution is 0.661. The van der Waals surface area contributed by atoms with Crippen LogP contribution in [-0.2, 0) is 5.41 Å². The van der Waals surface area contributed by atoms with Gasteiger partial charge in [-0.2, -0.15) is 0 Å². The Morgan fingerprint density at radius 2 is 1.10 bits per heavy atom. The second kappa shape index (κ2) is 9.49. The number of fused-ring (bicyclic) bond motifs is 13. The first kappa shape index (κ1) is 26.9. The van der Waals surface area contributed by atoms with E-state index in [2.05, 4.69) is 147 Å². The molecule has 49 heavy (non-hydrogen) atoms. The summed E-state index contributed by atoms with van der Waals surface area (Å²) in [5, 5.41) is 9.53. The van der Waals surface area contributed by atoms with E-state index in [1.807, 2.05) is 12.1 Å². The lowest BCUT2D eigenvalue weighted by Crippen LogP contribution is -2.15. The van der Waals surface area contributed by atoms with Crippen molar-refractivity contribution in [2.45, 2.75) is 19.3 Å². The van der Waals surface area contributed by atoms with Gasteiger partial charge >= 0.3 is 0 Å². The van der Waals surface area contributed by atoms with E-state index in [-0.39, 0.29) is 5.41 Å². The Bertz CT molecular complexity index is 3020. The van der Waals surface area contributed by atoms with Crippen molar-refractivity contribution < 1.29 is 8.83 Å². The van der Waals surface area contributed by atoms with Crippen LogP contribution in [0.25, 0.3) is 98.8 Å². The normalized spacial score (nSPS) is 13.7. The van der Waals surface area contributed by atoms with Crippen LogP contribution in [0.2, 0.25) is 0 Å². The number of benzene rings is 8. The fourth-order valence-electron chi connectivity index (χ4n) is 8.70. The highest BCUT2D eigenvalue weighted by Gasteiger charge is 2.37. The van der Waals surface area contributed by atoms with Gasteiger partial charge in [-0.3, -0.25) is 0 Å². The van der Waals surface area contributed by atoms with E-state index in [0.717, 1.165) is 49.4 Å². The van der Waals surface area contributed by atoms with Gasteiger partial charge in [0.2, 0.25) is 0 Å². The van der Waals surface area contributed by atoms with Gasteiger partial charge < -0.3 is 8.83 Å². The number of hydrogen-bond acceptors (Lipinski definition) is 2. The molecule has 0 atom stereocenters. The Morgan fingerprint density at radius 3 is 2.04 bits per heavy atom. The van der Waals surface area contributed by atoms with E-state index in [1.165, 1.54) is 60.5 Å². The highest BCUT2D eigenvalue weighted by Crippen LogP contribution is 2.53. The van der Waals surface area contributed by atoms with Crippen LogP contribution in [0, 0.1) is 0 Å². The SMILES string of the molecule is CC1(C)c2cc(-c3cccc4oc5c6ccccc6ccc5c34)ccc2-c2c1ccc1c(-c3ccc4c(c3)oc3ccccc34)cccc21. The zero-order valence-corrected chi connectivity index (χ0v) is 27.2. The minimum absolute atomic E-state index is 0.152. The van der Waals surface area contributed by atoms with Crippen molar-refractivity contribution in [3.63, 3.8) is 0 Å². The smallest absolute Gasteiger partial charge is 0.143 e. The molecular weight excluding hydrogens is 597 g/mol. The molecule has 0 N–H and O–H groups in total. The Balaban J connectivity index is 1.09. The zero-order valence-electron chi connectivity index (χ0n) is 27.2. The fraction of sp³-hybridized carbons (Fsp3) is 0.0638. The Hall–Kier alpha value is -6.12. The summed E-state index contributed by atoms with van der Waals surface area (Å²) in [5.41, 5.74) is 13.8. The van der Waals surface area contributed by atoms with Gasteiger partial charge in [-0.25, -0.2) is 0 Å². The topological polar surface area (TPSA) is 26.3 Å². The Morgan fingerprint density at radius 1 is 0.408 bits per heavy atom. The van der Waals surface area contributed by atoms with Gasteiger partial charge in [0.15, 0.2) is 0 Å². The standard InChI is InChI=1S/C47H30O2/c1-47(2)39-24-23-33-30(29-18-20-35-34-11-5-6-15-41(34)48-43(35)26-29)12-7-14-36(33)44(39)37-21-19-28(25-40(37)47)31-13-8-16-42-45(31)38-22-17-27-9-3-4-10-32(27)46(38)49-42/h3-26H,1-2H3. The summed E-state index contributed by atoms with van der Waals surface area (Å²) in [5.74, 6) is 0. The third-order valence-electron chi connectivity index (χ3n) is 11.1. The number of rotatable bonds is 2. The van der Waals surface area contributed by atoms with Crippen LogP contribution in [0.1, 0.15) is 25.0 Å². The molecule has 0 saturated carbocycles. The summed E-state index contributed by atoms with van der Waals surface area (Å²) < 4.78 is 12.8. The average Bonchev–Trinajstić information content (AvgIpc) is 3.79. The van der Waals surface area contributed by atoms with E-state index in [4.69, 9.17) is 8.83 Å². The van der Waals surface area contributed by atoms with Crippen LogP contribution >= 0.6 is 0 Å². The van der Waals surface area contributed by atoms with Crippen LogP contribution in [0.5, 0.6) is 0 Å². The van der Waals surface area contributed by atoms with Crippen LogP contribution in [0.15, 0.2) is 154 Å². The molecule has 0 aliphatic heterocycles. The first-order valence-electron chi connectivity index (χ1n) is 17.0. The predicted molar refractivity (Wildman–Crippen MR) is 204 cm³/mol. The molecule has 2 heterocycles. The molecule has 2 aromatic heterocycles. The summed E-state index contributed by atoms with van der Waals surface area (Å²) in [6.45, 7) is 4.74. The van der Waals surface area contributed by atoms with Crippen molar-refractivity contribution in [1.82, 2.24) is 0 Å². The van der Waals surface area contributed by atoms with E-state index in [0.29, 0.717) is 0 Å². The second-order valence-electron chi connectivity index (χ2n) is 14.0. The molecule has 0 fully saturated rings. The molecule has 0 saturated heterocycles. The molecule has 8 aromatic carbocycles. The first-order chi connectivity index (χ1) is 24.0. The van der Waals surface area contributed by atoms with Crippen molar-refractivity contribution in [2.75, 3.05) is 0 Å². The molecule has 1 aliphatic rings. The molecule has 0 unspecified atom stereocenters. The van der Waals surface area contributed by atoms with E-state index < -0.39 is 0 Å². The number of para-hydroxylation sites is 1. The van der Waals surface area contributed by atoms with Gasteiger partial charge in [0.25, 0.3) is 0 Å². The van der Waals surface area contributed by atoms with Gasteiger partial charge in [0.1, 0.15) is 22.3 Å². The van der Waals surface area contributed by atoms with Crippen LogP contribution in [0.3, 0.4) is 0 Å². The lowest BCUT2D eigenvalue weighted by Gasteiger charge is -2.22. The molecule has 0 amide bonds. The largest absolute Gasteiger partial charge is 0.456 e. The fourth-order valence-corrected chi connectivity index (χ4v) is 8.70. The average molecular weight is 627 g/mol. The summed E-state index contributed by atoms with van der Waals surface area (Å²) >= 11 is 0. The molecule has 0 bridgehead atoms. The highest BCUT2D eigenvalue weighted by atomic mass is 16.3. The van der Waals surface area contributed by atoms with Crippen molar-refractivity contribution >= 4 is 65.4 Å². The molecule has 2 nitrogen and oxygen atoms in total. The molecule has 0 spiro atoms. The van der Waals surface area contributed by atoms with Gasteiger partial charge in [-0.05, 0) is 97.1 Å². The monoisotopic (exact) mass is 626 g/mol. The van der Waals surface area contributed by atoms with Crippen LogP contribution < -0.4 is 0 Å². The highest BCUT2D eigenvalue weighted by molar-refractivity contribution is 6.19. The van der Waals surface area contributed by atoms with Crippen LogP contribution in [0.4, 0.5) is 0 Å². The summed E-state index contributed by atoms with van der Waals surface area (Å²) in [4.78, 5) is 0. The Labute approximate surface area is 282 Å². The van der Waals surface area contributed by atoms with Crippen molar-refractivity contribution in [2.24, 2.45) is 0 Å². The van der Waals surface area contributed by atoms with Crippen molar-refractivity contribution in [3.05, 3.63) is 157 Å². The van der Waals surface area contributed by atoms with E-state index in [1.54, 1.807) is 0 Å². The Kier molecular flexibility index (Phi) is 5.21. The van der Waals surface area contributed by atoms with E-state index in [9.17, 15) is 0 Å². The predicted octanol–water partition coefficient (Wildman–Crippen LogP) is 13.4. The van der Waals surface area contributed by atoms with Gasteiger partial charge in [-0.15, -0.1) is 0 Å². The lowest BCUT2D eigenvalue weighted by atomic mass is 9.81. The van der Waals surface area contributed by atoms with E-state index >= 15 is 0 Å². The first-order valence-corrected chi connectivity index (χ1v) is 17.0. The molecule has 0 radical (unpaired) electrons. The summed E-state index contributed by atoms with van der Waals surface area (Å²) in [6, 6.07) is 52.7. The molecule has 2 heteroatoms. The third-order valence-corrected chi connectivity index (χ3v) is 11.1. The maximum atomic E-state index is 6.54. The second-order valence-corrected chi connectivity index (χ2v) is 14.0. The molecule has 1 aliphatic carbocycles. The molecule has 230 valence electrons. The third kappa shape index (κ3) is 3.61. The maximum absolute atomic E-state index is 6.54. The summed E-state index contributed by atoms with van der Waals surface area (Å²) in [6.07, 6.45) is 0. The number of hydrogen-bond donors (Lipinski definition) is 0. The van der Waals surface area contributed by atoms with Crippen molar-refractivity contribution in [1.29, 1.82) is 0 Å². The quantitative estimate of drug-likeness (QED) is 0.191. The van der Waals surface area contributed by atoms with Crippen molar-refractivity contribution in [3.8, 4) is 33.4 Å². The van der Waals surface area contributed by atoms with Gasteiger partial charge in [-0.1, -0.05) is 123 Å².